The largest absolute Gasteiger partial charge is 0.379 e. The third-order valence-corrected chi connectivity index (χ3v) is 6.66. The van der Waals surface area contributed by atoms with Gasteiger partial charge in [-0.2, -0.15) is 4.31 Å². The van der Waals surface area contributed by atoms with Crippen molar-refractivity contribution in [1.29, 1.82) is 0 Å². The molecule has 2 aliphatic rings. The number of ether oxygens (including phenoxy) is 1. The zero-order chi connectivity index (χ0) is 16.7. The van der Waals surface area contributed by atoms with Crippen molar-refractivity contribution in [3.63, 3.8) is 0 Å². The first-order chi connectivity index (χ1) is 10.8. The maximum atomic E-state index is 13.8. The summed E-state index contributed by atoms with van der Waals surface area (Å²) in [6, 6.07) is 4.10. The summed E-state index contributed by atoms with van der Waals surface area (Å²) in [5.74, 6) is -0.493. The molecule has 7 heteroatoms. The standard InChI is InChI=1S/C16H23FN2O3S/c1-13-3-4-14(9-15(13)17)23(20,21)19-7-8-22-12-16(11-19)5-6-18(2)10-16/h3-4,9H,5-8,10-12H2,1-2H3/t16-/m0/s1. The van der Waals surface area contributed by atoms with Gasteiger partial charge < -0.3 is 9.64 Å². The molecular formula is C16H23FN2O3S. The Labute approximate surface area is 137 Å². The summed E-state index contributed by atoms with van der Waals surface area (Å²) in [6.45, 7) is 5.07. The second-order valence-electron chi connectivity index (χ2n) is 6.79. The molecule has 1 atom stereocenters. The molecule has 0 N–H and O–H groups in total. The lowest BCUT2D eigenvalue weighted by molar-refractivity contribution is 0.0744. The van der Waals surface area contributed by atoms with Crippen molar-refractivity contribution in [3.05, 3.63) is 29.6 Å². The van der Waals surface area contributed by atoms with Gasteiger partial charge in [0.05, 0.1) is 18.1 Å². The Morgan fingerprint density at radius 3 is 2.70 bits per heavy atom. The average molecular weight is 342 g/mol. The minimum atomic E-state index is -3.71. The molecule has 1 spiro atoms. The molecule has 5 nitrogen and oxygen atoms in total. The minimum absolute atomic E-state index is 0.0176. The van der Waals surface area contributed by atoms with Crippen LogP contribution in [0.1, 0.15) is 12.0 Å². The van der Waals surface area contributed by atoms with Gasteiger partial charge in [-0.15, -0.1) is 0 Å². The van der Waals surface area contributed by atoms with Crippen LogP contribution in [0, 0.1) is 18.2 Å². The van der Waals surface area contributed by atoms with Crippen LogP contribution in [-0.4, -0.2) is 64.1 Å². The summed E-state index contributed by atoms with van der Waals surface area (Å²) < 4.78 is 46.8. The molecule has 1 aromatic carbocycles. The molecule has 23 heavy (non-hydrogen) atoms. The molecule has 0 bridgehead atoms. The fraction of sp³-hybridized carbons (Fsp3) is 0.625. The van der Waals surface area contributed by atoms with E-state index in [1.807, 2.05) is 7.05 Å². The van der Waals surface area contributed by atoms with Gasteiger partial charge >= 0.3 is 0 Å². The van der Waals surface area contributed by atoms with Crippen LogP contribution < -0.4 is 0 Å². The SMILES string of the molecule is Cc1ccc(S(=O)(=O)N2CCOC[C@]3(CCN(C)C3)C2)cc1F. The van der Waals surface area contributed by atoms with Crippen molar-refractivity contribution in [2.24, 2.45) is 5.41 Å². The van der Waals surface area contributed by atoms with Crippen LogP contribution in [0.15, 0.2) is 23.1 Å². The zero-order valence-electron chi connectivity index (χ0n) is 13.6. The number of aryl methyl sites for hydroxylation is 1. The predicted octanol–water partition coefficient (Wildman–Crippen LogP) is 1.48. The van der Waals surface area contributed by atoms with Gasteiger partial charge in [-0.1, -0.05) is 6.07 Å². The molecule has 2 heterocycles. The van der Waals surface area contributed by atoms with Crippen molar-refractivity contribution in [1.82, 2.24) is 9.21 Å². The van der Waals surface area contributed by atoms with E-state index in [2.05, 4.69) is 4.90 Å². The smallest absolute Gasteiger partial charge is 0.243 e. The summed E-state index contributed by atoms with van der Waals surface area (Å²) >= 11 is 0. The molecule has 3 rings (SSSR count). The number of hydrogen-bond donors (Lipinski definition) is 0. The second kappa shape index (κ2) is 6.12. The van der Waals surface area contributed by atoms with E-state index in [0.717, 1.165) is 25.6 Å². The van der Waals surface area contributed by atoms with E-state index in [0.29, 0.717) is 31.9 Å². The van der Waals surface area contributed by atoms with E-state index in [4.69, 9.17) is 4.74 Å². The highest BCUT2D eigenvalue weighted by atomic mass is 32.2. The lowest BCUT2D eigenvalue weighted by atomic mass is 9.88. The zero-order valence-corrected chi connectivity index (χ0v) is 14.4. The van der Waals surface area contributed by atoms with Crippen LogP contribution in [0.2, 0.25) is 0 Å². The van der Waals surface area contributed by atoms with Crippen LogP contribution >= 0.6 is 0 Å². The fourth-order valence-corrected chi connectivity index (χ4v) is 5.00. The van der Waals surface area contributed by atoms with Crippen LogP contribution in [0.5, 0.6) is 0 Å². The second-order valence-corrected chi connectivity index (χ2v) is 8.73. The van der Waals surface area contributed by atoms with Gasteiger partial charge in [0, 0.05) is 25.0 Å². The topological polar surface area (TPSA) is 49.9 Å². The summed E-state index contributed by atoms with van der Waals surface area (Å²) in [6.07, 6.45) is 0.914. The first-order valence-electron chi connectivity index (χ1n) is 7.85. The predicted molar refractivity (Wildman–Crippen MR) is 85.3 cm³/mol. The molecule has 0 saturated carbocycles. The van der Waals surface area contributed by atoms with Crippen molar-refractivity contribution >= 4 is 10.0 Å². The Morgan fingerprint density at radius 1 is 1.26 bits per heavy atom. The molecule has 0 aromatic heterocycles. The minimum Gasteiger partial charge on any atom is -0.379 e. The van der Waals surface area contributed by atoms with E-state index in [-0.39, 0.29) is 10.3 Å². The number of sulfonamides is 1. The fourth-order valence-electron chi connectivity index (χ4n) is 3.45. The molecule has 0 unspecified atom stereocenters. The summed E-state index contributed by atoms with van der Waals surface area (Å²) in [7, 11) is -1.68. The van der Waals surface area contributed by atoms with Gasteiger partial charge in [0.2, 0.25) is 10.0 Å². The van der Waals surface area contributed by atoms with Gasteiger partial charge in [-0.25, -0.2) is 12.8 Å². The lowest BCUT2D eigenvalue weighted by Crippen LogP contribution is -2.43. The lowest BCUT2D eigenvalue weighted by Gasteiger charge is -2.31. The molecule has 2 fully saturated rings. The molecule has 0 aliphatic carbocycles. The van der Waals surface area contributed by atoms with Gasteiger partial charge in [0.1, 0.15) is 5.82 Å². The highest BCUT2D eigenvalue weighted by Crippen LogP contribution is 2.34. The Balaban J connectivity index is 1.90. The number of nitrogens with zero attached hydrogens (tertiary/aromatic N) is 2. The molecule has 128 valence electrons. The van der Waals surface area contributed by atoms with E-state index >= 15 is 0 Å². The maximum Gasteiger partial charge on any atom is 0.243 e. The van der Waals surface area contributed by atoms with Gasteiger partial charge in [-0.3, -0.25) is 0 Å². The van der Waals surface area contributed by atoms with E-state index < -0.39 is 15.8 Å². The van der Waals surface area contributed by atoms with Crippen molar-refractivity contribution in [2.75, 3.05) is 46.4 Å². The third kappa shape index (κ3) is 3.28. The van der Waals surface area contributed by atoms with Crippen LogP contribution in [0.4, 0.5) is 4.39 Å². The first kappa shape index (κ1) is 16.8. The summed E-state index contributed by atoms with van der Waals surface area (Å²) in [5, 5.41) is 0. The van der Waals surface area contributed by atoms with Gasteiger partial charge in [0.15, 0.2) is 0 Å². The molecule has 0 amide bonds. The quantitative estimate of drug-likeness (QED) is 0.817. The number of halogens is 1. The third-order valence-electron chi connectivity index (χ3n) is 4.82. The Morgan fingerprint density at radius 2 is 2.04 bits per heavy atom. The summed E-state index contributed by atoms with van der Waals surface area (Å²) in [4.78, 5) is 2.22. The average Bonchev–Trinajstić information content (AvgIpc) is 2.72. The van der Waals surface area contributed by atoms with Gasteiger partial charge in [0.25, 0.3) is 0 Å². The molecular weight excluding hydrogens is 319 g/mol. The number of hydrogen-bond acceptors (Lipinski definition) is 4. The molecule has 2 saturated heterocycles. The van der Waals surface area contributed by atoms with Crippen LogP contribution in [0.3, 0.4) is 0 Å². The highest BCUT2D eigenvalue weighted by Gasteiger charge is 2.43. The Kier molecular flexibility index (Phi) is 4.48. The number of rotatable bonds is 2. The Bertz CT molecular complexity index is 695. The van der Waals surface area contributed by atoms with Gasteiger partial charge in [-0.05, 0) is 44.6 Å². The van der Waals surface area contributed by atoms with Crippen molar-refractivity contribution in [2.45, 2.75) is 18.2 Å². The maximum absolute atomic E-state index is 13.8. The first-order valence-corrected chi connectivity index (χ1v) is 9.29. The van der Waals surface area contributed by atoms with Crippen LogP contribution in [0.25, 0.3) is 0 Å². The van der Waals surface area contributed by atoms with Crippen molar-refractivity contribution < 1.29 is 17.5 Å². The number of likely N-dealkylation sites (tertiary alicyclic amines) is 1. The number of benzene rings is 1. The van der Waals surface area contributed by atoms with Crippen molar-refractivity contribution in [3.8, 4) is 0 Å². The van der Waals surface area contributed by atoms with E-state index in [9.17, 15) is 12.8 Å². The Hall–Kier alpha value is -1.02. The van der Waals surface area contributed by atoms with Crippen LogP contribution in [-0.2, 0) is 14.8 Å². The summed E-state index contributed by atoms with van der Waals surface area (Å²) in [5.41, 5.74) is 0.277. The molecule has 1 aromatic rings. The monoisotopic (exact) mass is 342 g/mol. The van der Waals surface area contributed by atoms with E-state index in [1.54, 1.807) is 6.92 Å². The van der Waals surface area contributed by atoms with E-state index in [1.165, 1.54) is 16.4 Å². The highest BCUT2D eigenvalue weighted by molar-refractivity contribution is 7.89. The molecule has 2 aliphatic heterocycles. The normalized spacial score (nSPS) is 27.4. The molecule has 0 radical (unpaired) electrons.